The molecule has 0 unspecified atom stereocenters. The Hall–Kier alpha value is -1.00. The minimum Gasteiger partial charge on any atom is -0.505 e. The van der Waals surface area contributed by atoms with Crippen LogP contribution in [0.2, 0.25) is 5.02 Å². The first-order valence-electron chi connectivity index (χ1n) is 2.68. The Balaban J connectivity index is 0.00000121. The summed E-state index contributed by atoms with van der Waals surface area (Å²) in [6, 6.07) is 0. The fourth-order valence-electron chi connectivity index (χ4n) is 0.636. The van der Waals surface area contributed by atoms with E-state index in [-0.39, 0.29) is 23.0 Å². The molecule has 1 aromatic heterocycles. The van der Waals surface area contributed by atoms with E-state index in [1.165, 1.54) is 0 Å². The Bertz CT molecular complexity index is 283. The SMILES string of the molecule is Cl.O=C(O)c1c(O)cncc1Cl. The second-order valence-electron chi connectivity index (χ2n) is 1.82. The Morgan fingerprint density at radius 1 is 1.50 bits per heavy atom. The molecule has 0 aliphatic carbocycles. The van der Waals surface area contributed by atoms with Gasteiger partial charge in [0.25, 0.3) is 0 Å². The minimum absolute atomic E-state index is 0. The molecule has 0 aromatic carbocycles. The maximum atomic E-state index is 10.4. The molecule has 0 saturated heterocycles. The monoisotopic (exact) mass is 209 g/mol. The van der Waals surface area contributed by atoms with E-state index in [1.807, 2.05) is 0 Å². The highest BCUT2D eigenvalue weighted by Crippen LogP contribution is 2.22. The lowest BCUT2D eigenvalue weighted by Gasteiger charge is -1.98. The molecule has 1 rings (SSSR count). The summed E-state index contributed by atoms with van der Waals surface area (Å²) in [4.78, 5) is 13.9. The summed E-state index contributed by atoms with van der Waals surface area (Å²) in [6.07, 6.45) is 2.18. The molecule has 66 valence electrons. The highest BCUT2D eigenvalue weighted by atomic mass is 35.5. The van der Waals surface area contributed by atoms with Gasteiger partial charge in [-0.15, -0.1) is 12.4 Å². The van der Waals surface area contributed by atoms with Crippen molar-refractivity contribution in [1.82, 2.24) is 4.98 Å². The lowest BCUT2D eigenvalue weighted by Crippen LogP contribution is -1.98. The molecule has 0 atom stereocenters. The zero-order valence-corrected chi connectivity index (χ0v) is 7.26. The van der Waals surface area contributed by atoms with Crippen LogP contribution < -0.4 is 0 Å². The highest BCUT2D eigenvalue weighted by Gasteiger charge is 2.13. The number of aromatic carboxylic acids is 1. The van der Waals surface area contributed by atoms with Crippen LogP contribution in [-0.4, -0.2) is 21.2 Å². The number of carboxylic acids is 1. The van der Waals surface area contributed by atoms with Gasteiger partial charge in [0.1, 0.15) is 11.3 Å². The Morgan fingerprint density at radius 2 is 2.08 bits per heavy atom. The van der Waals surface area contributed by atoms with Gasteiger partial charge in [0.05, 0.1) is 11.2 Å². The number of rotatable bonds is 1. The molecule has 4 nitrogen and oxygen atoms in total. The lowest BCUT2D eigenvalue weighted by atomic mass is 10.2. The van der Waals surface area contributed by atoms with Crippen molar-refractivity contribution in [3.8, 4) is 5.75 Å². The molecule has 2 N–H and O–H groups in total. The molecule has 0 fully saturated rings. The van der Waals surface area contributed by atoms with Crippen LogP contribution in [0.1, 0.15) is 10.4 Å². The summed E-state index contributed by atoms with van der Waals surface area (Å²) < 4.78 is 0. The van der Waals surface area contributed by atoms with Gasteiger partial charge in [-0.25, -0.2) is 4.79 Å². The molecular weight excluding hydrogens is 205 g/mol. The van der Waals surface area contributed by atoms with Gasteiger partial charge in [-0.1, -0.05) is 11.6 Å². The van der Waals surface area contributed by atoms with E-state index in [0.29, 0.717) is 0 Å². The van der Waals surface area contributed by atoms with E-state index < -0.39 is 11.7 Å². The minimum atomic E-state index is -1.27. The normalized spacial score (nSPS) is 8.75. The Labute approximate surface area is 79.2 Å². The molecule has 1 heterocycles. The van der Waals surface area contributed by atoms with Crippen LogP contribution in [0.25, 0.3) is 0 Å². The van der Waals surface area contributed by atoms with Gasteiger partial charge in [0.15, 0.2) is 0 Å². The fraction of sp³-hybridized carbons (Fsp3) is 0. The van der Waals surface area contributed by atoms with Crippen molar-refractivity contribution in [2.75, 3.05) is 0 Å². The average Bonchev–Trinajstić information content (AvgIpc) is 1.85. The van der Waals surface area contributed by atoms with Crippen LogP contribution >= 0.6 is 24.0 Å². The average molecular weight is 210 g/mol. The third kappa shape index (κ3) is 1.99. The van der Waals surface area contributed by atoms with Crippen molar-refractivity contribution in [2.24, 2.45) is 0 Å². The van der Waals surface area contributed by atoms with Crippen LogP contribution in [-0.2, 0) is 0 Å². The molecule has 6 heteroatoms. The van der Waals surface area contributed by atoms with Gasteiger partial charge >= 0.3 is 5.97 Å². The molecule has 0 aliphatic rings. The summed E-state index contributed by atoms with van der Waals surface area (Å²) >= 11 is 5.42. The first kappa shape index (κ1) is 11.0. The van der Waals surface area contributed by atoms with Crippen LogP contribution in [0, 0.1) is 0 Å². The zero-order chi connectivity index (χ0) is 8.43. The van der Waals surface area contributed by atoms with E-state index in [2.05, 4.69) is 4.98 Å². The van der Waals surface area contributed by atoms with Crippen LogP contribution in [0.5, 0.6) is 5.75 Å². The van der Waals surface area contributed by atoms with Crippen molar-refractivity contribution in [2.45, 2.75) is 0 Å². The number of halogens is 2. The molecule has 0 amide bonds. The smallest absolute Gasteiger partial charge is 0.341 e. The number of nitrogens with zero attached hydrogens (tertiary/aromatic N) is 1. The van der Waals surface area contributed by atoms with E-state index in [9.17, 15) is 4.79 Å². The molecule has 0 aliphatic heterocycles. The van der Waals surface area contributed by atoms with Gasteiger partial charge < -0.3 is 10.2 Å². The Morgan fingerprint density at radius 3 is 2.42 bits per heavy atom. The highest BCUT2D eigenvalue weighted by molar-refractivity contribution is 6.33. The van der Waals surface area contributed by atoms with E-state index in [1.54, 1.807) is 0 Å². The molecule has 12 heavy (non-hydrogen) atoms. The van der Waals surface area contributed by atoms with Crippen LogP contribution in [0.4, 0.5) is 0 Å². The molecule has 0 radical (unpaired) electrons. The maximum absolute atomic E-state index is 10.4. The predicted octanol–water partition coefficient (Wildman–Crippen LogP) is 1.56. The maximum Gasteiger partial charge on any atom is 0.341 e. The van der Waals surface area contributed by atoms with Gasteiger partial charge in [0.2, 0.25) is 0 Å². The number of pyridine rings is 1. The Kier molecular flexibility index (Phi) is 3.79. The number of aromatic nitrogens is 1. The molecular formula is C6H5Cl2NO3. The van der Waals surface area contributed by atoms with Gasteiger partial charge in [-0.2, -0.15) is 0 Å². The fourth-order valence-corrected chi connectivity index (χ4v) is 0.870. The molecule has 0 spiro atoms. The van der Waals surface area contributed by atoms with Crippen LogP contribution in [0.3, 0.4) is 0 Å². The standard InChI is InChI=1S/C6H4ClNO3.ClH/c7-3-1-8-2-4(9)5(3)6(10)11;/h1-2,9H,(H,10,11);1H. The number of carboxylic acid groups (broad SMARTS) is 1. The second-order valence-corrected chi connectivity index (χ2v) is 2.23. The second kappa shape index (κ2) is 4.13. The van der Waals surface area contributed by atoms with Crippen molar-refractivity contribution < 1.29 is 15.0 Å². The first-order chi connectivity index (χ1) is 5.13. The van der Waals surface area contributed by atoms with E-state index in [0.717, 1.165) is 12.4 Å². The van der Waals surface area contributed by atoms with Crippen molar-refractivity contribution in [1.29, 1.82) is 0 Å². The van der Waals surface area contributed by atoms with Crippen molar-refractivity contribution >= 4 is 30.0 Å². The van der Waals surface area contributed by atoms with Crippen LogP contribution in [0.15, 0.2) is 12.4 Å². The summed E-state index contributed by atoms with van der Waals surface area (Å²) in [6.45, 7) is 0. The number of carbonyl (C=O) groups is 1. The summed E-state index contributed by atoms with van der Waals surface area (Å²) in [5.41, 5.74) is -0.318. The zero-order valence-electron chi connectivity index (χ0n) is 5.69. The molecule has 1 aromatic rings. The van der Waals surface area contributed by atoms with Crippen molar-refractivity contribution in [3.05, 3.63) is 23.0 Å². The predicted molar refractivity (Wildman–Crippen MR) is 45.1 cm³/mol. The van der Waals surface area contributed by atoms with Gasteiger partial charge in [-0.3, -0.25) is 4.98 Å². The number of aromatic hydroxyl groups is 1. The van der Waals surface area contributed by atoms with Gasteiger partial charge in [0, 0.05) is 6.20 Å². The summed E-state index contributed by atoms with van der Waals surface area (Å²) in [5.74, 6) is -1.69. The molecule has 0 bridgehead atoms. The van der Waals surface area contributed by atoms with Crippen molar-refractivity contribution in [3.63, 3.8) is 0 Å². The van der Waals surface area contributed by atoms with E-state index >= 15 is 0 Å². The third-order valence-corrected chi connectivity index (χ3v) is 1.38. The van der Waals surface area contributed by atoms with Gasteiger partial charge in [-0.05, 0) is 0 Å². The number of hydrogen-bond donors (Lipinski definition) is 2. The summed E-state index contributed by atoms with van der Waals surface area (Å²) in [7, 11) is 0. The number of hydrogen-bond acceptors (Lipinski definition) is 3. The lowest BCUT2D eigenvalue weighted by molar-refractivity contribution is 0.0694. The quantitative estimate of drug-likeness (QED) is 0.737. The van der Waals surface area contributed by atoms with E-state index in [4.69, 9.17) is 21.8 Å². The topological polar surface area (TPSA) is 70.4 Å². The largest absolute Gasteiger partial charge is 0.505 e. The summed E-state index contributed by atoms with van der Waals surface area (Å²) in [5, 5.41) is 17.3. The third-order valence-electron chi connectivity index (χ3n) is 1.09. The molecule has 0 saturated carbocycles. The first-order valence-corrected chi connectivity index (χ1v) is 3.06.